The topological polar surface area (TPSA) is 75.9 Å². The first kappa shape index (κ1) is 17.7. The minimum atomic E-state index is -0.371. The molecule has 126 valence electrons. The molecule has 7 heteroatoms. The van der Waals surface area contributed by atoms with Crippen molar-refractivity contribution < 1.29 is 13.9 Å². The number of rotatable bonds is 5. The molecule has 0 bridgehead atoms. The van der Waals surface area contributed by atoms with Gasteiger partial charge in [0.1, 0.15) is 11.5 Å². The molecular weight excluding hydrogens is 326 g/mol. The van der Waals surface area contributed by atoms with Crippen molar-refractivity contribution >= 4 is 29.5 Å². The number of hydrazone groups is 1. The molecule has 0 unspecified atom stereocenters. The second-order valence-corrected chi connectivity index (χ2v) is 5.31. The number of benzene rings is 1. The van der Waals surface area contributed by atoms with Crippen LogP contribution in [0.4, 0.5) is 0 Å². The predicted octanol–water partition coefficient (Wildman–Crippen LogP) is 2.86. The molecule has 0 saturated heterocycles. The summed E-state index contributed by atoms with van der Waals surface area (Å²) in [6.45, 7) is 4.53. The Hall–Kier alpha value is -2.67. The molecule has 24 heavy (non-hydrogen) atoms. The molecule has 2 rings (SSSR count). The van der Waals surface area contributed by atoms with Gasteiger partial charge in [-0.25, -0.2) is 4.79 Å². The van der Waals surface area contributed by atoms with Crippen LogP contribution in [0.15, 0.2) is 39.9 Å². The number of nitrogens with zero attached hydrogens (tertiary/aromatic N) is 1. The molecule has 2 aromatic rings. The molecule has 0 amide bonds. The van der Waals surface area contributed by atoms with Crippen LogP contribution >= 0.6 is 12.2 Å². The Kier molecular flexibility index (Phi) is 6.08. The van der Waals surface area contributed by atoms with E-state index in [1.807, 2.05) is 26.0 Å². The van der Waals surface area contributed by atoms with Crippen molar-refractivity contribution in [1.29, 1.82) is 0 Å². The highest BCUT2D eigenvalue weighted by molar-refractivity contribution is 7.80. The molecule has 0 spiro atoms. The highest BCUT2D eigenvalue weighted by Gasteiger charge is 2.14. The molecular formula is C17H19N3O3S. The maximum absolute atomic E-state index is 11.8. The van der Waals surface area contributed by atoms with Gasteiger partial charge in [0, 0.05) is 12.1 Å². The number of furan rings is 1. The number of esters is 1. The van der Waals surface area contributed by atoms with E-state index >= 15 is 0 Å². The fraction of sp³-hybridized carbons (Fsp3) is 0.235. The van der Waals surface area contributed by atoms with E-state index in [1.165, 1.54) is 13.3 Å². The monoisotopic (exact) mass is 345 g/mol. The van der Waals surface area contributed by atoms with E-state index in [0.29, 0.717) is 22.2 Å². The van der Waals surface area contributed by atoms with Gasteiger partial charge in [-0.15, -0.1) is 0 Å². The Bertz CT molecular complexity index is 768. The van der Waals surface area contributed by atoms with Gasteiger partial charge in [0.05, 0.1) is 18.9 Å². The lowest BCUT2D eigenvalue weighted by Gasteiger charge is -2.07. The maximum Gasteiger partial charge on any atom is 0.338 e. The van der Waals surface area contributed by atoms with Gasteiger partial charge >= 0.3 is 5.97 Å². The van der Waals surface area contributed by atoms with Gasteiger partial charge in [0.2, 0.25) is 0 Å². The summed E-state index contributed by atoms with van der Waals surface area (Å²) in [7, 11) is 1.36. The summed E-state index contributed by atoms with van der Waals surface area (Å²) in [6, 6.07) is 9.03. The third-order valence-electron chi connectivity index (χ3n) is 3.33. The molecule has 0 radical (unpaired) electrons. The number of hydrogen-bond acceptors (Lipinski definition) is 5. The van der Waals surface area contributed by atoms with Crippen LogP contribution in [0, 0.1) is 6.92 Å². The molecule has 1 heterocycles. The molecule has 0 fully saturated rings. The molecule has 0 aliphatic heterocycles. The third kappa shape index (κ3) is 4.20. The van der Waals surface area contributed by atoms with Crippen LogP contribution in [-0.4, -0.2) is 31.0 Å². The van der Waals surface area contributed by atoms with Crippen molar-refractivity contribution in [3.05, 3.63) is 47.2 Å². The number of nitrogens with one attached hydrogen (secondary N) is 2. The Labute approximate surface area is 145 Å². The number of carbonyl (C=O) groups excluding carboxylic acids is 1. The van der Waals surface area contributed by atoms with Crippen molar-refractivity contribution in [1.82, 2.24) is 10.7 Å². The normalized spacial score (nSPS) is 10.6. The van der Waals surface area contributed by atoms with Crippen molar-refractivity contribution in [3.8, 4) is 11.3 Å². The van der Waals surface area contributed by atoms with Gasteiger partial charge in [-0.05, 0) is 49.8 Å². The average molecular weight is 345 g/mol. The van der Waals surface area contributed by atoms with E-state index in [0.717, 1.165) is 17.7 Å². The average Bonchev–Trinajstić information content (AvgIpc) is 3.03. The molecule has 1 aromatic heterocycles. The summed E-state index contributed by atoms with van der Waals surface area (Å²) in [5, 5.41) is 7.37. The zero-order valence-corrected chi connectivity index (χ0v) is 14.6. The van der Waals surface area contributed by atoms with Crippen LogP contribution in [0.3, 0.4) is 0 Å². The fourth-order valence-corrected chi connectivity index (χ4v) is 2.35. The maximum atomic E-state index is 11.8. The zero-order chi connectivity index (χ0) is 17.5. The number of methoxy groups -OCH3 is 1. The minimum absolute atomic E-state index is 0.371. The zero-order valence-electron chi connectivity index (χ0n) is 13.8. The van der Waals surface area contributed by atoms with Gasteiger partial charge in [0.15, 0.2) is 5.11 Å². The third-order valence-corrected chi connectivity index (χ3v) is 3.56. The molecule has 0 aliphatic rings. The summed E-state index contributed by atoms with van der Waals surface area (Å²) in [5.74, 6) is 0.845. The van der Waals surface area contributed by atoms with Crippen molar-refractivity contribution in [2.75, 3.05) is 13.7 Å². The highest BCUT2D eigenvalue weighted by Crippen LogP contribution is 2.27. The smallest absolute Gasteiger partial charge is 0.338 e. The molecule has 0 atom stereocenters. The van der Waals surface area contributed by atoms with E-state index < -0.39 is 0 Å². The van der Waals surface area contributed by atoms with Crippen LogP contribution in [0.25, 0.3) is 11.3 Å². The number of ether oxygens (including phenoxy) is 1. The van der Waals surface area contributed by atoms with Crippen LogP contribution in [0.5, 0.6) is 0 Å². The van der Waals surface area contributed by atoms with E-state index in [2.05, 4.69) is 15.8 Å². The first-order chi connectivity index (χ1) is 11.6. The lowest BCUT2D eigenvalue weighted by atomic mass is 10.0. The fourth-order valence-electron chi connectivity index (χ4n) is 2.16. The minimum Gasteiger partial charge on any atom is -0.465 e. The van der Waals surface area contributed by atoms with Crippen LogP contribution < -0.4 is 10.7 Å². The Morgan fingerprint density at radius 1 is 1.38 bits per heavy atom. The molecule has 2 N–H and O–H groups in total. The molecule has 1 aromatic carbocycles. The second-order valence-electron chi connectivity index (χ2n) is 4.90. The van der Waals surface area contributed by atoms with Gasteiger partial charge < -0.3 is 14.5 Å². The van der Waals surface area contributed by atoms with Gasteiger partial charge in [-0.3, -0.25) is 5.43 Å². The summed E-state index contributed by atoms with van der Waals surface area (Å²) in [5.41, 5.74) is 4.83. The van der Waals surface area contributed by atoms with Gasteiger partial charge in [0.25, 0.3) is 0 Å². The van der Waals surface area contributed by atoms with E-state index in [1.54, 1.807) is 18.2 Å². The predicted molar refractivity (Wildman–Crippen MR) is 97.2 cm³/mol. The van der Waals surface area contributed by atoms with Gasteiger partial charge in [-0.1, -0.05) is 12.1 Å². The van der Waals surface area contributed by atoms with E-state index in [4.69, 9.17) is 21.4 Å². The molecule has 6 nitrogen and oxygen atoms in total. The van der Waals surface area contributed by atoms with Crippen molar-refractivity contribution in [2.45, 2.75) is 13.8 Å². The number of thiocarbonyl (C=S) groups is 1. The summed E-state index contributed by atoms with van der Waals surface area (Å²) >= 11 is 5.01. The Morgan fingerprint density at radius 2 is 2.17 bits per heavy atom. The Morgan fingerprint density at radius 3 is 2.88 bits per heavy atom. The lowest BCUT2D eigenvalue weighted by Crippen LogP contribution is -2.31. The number of carbonyl (C=O) groups is 1. The van der Waals surface area contributed by atoms with Crippen LogP contribution in [-0.2, 0) is 4.74 Å². The van der Waals surface area contributed by atoms with Crippen LogP contribution in [0.1, 0.15) is 28.6 Å². The quantitative estimate of drug-likeness (QED) is 0.376. The second kappa shape index (κ2) is 8.26. The molecule has 0 saturated carbocycles. The summed E-state index contributed by atoms with van der Waals surface area (Å²) in [6.07, 6.45) is 1.53. The first-order valence-electron chi connectivity index (χ1n) is 7.41. The summed E-state index contributed by atoms with van der Waals surface area (Å²) < 4.78 is 10.5. The highest BCUT2D eigenvalue weighted by atomic mass is 32.1. The molecule has 0 aliphatic carbocycles. The largest absolute Gasteiger partial charge is 0.465 e. The van der Waals surface area contributed by atoms with Gasteiger partial charge in [-0.2, -0.15) is 5.10 Å². The Balaban J connectivity index is 2.18. The first-order valence-corrected chi connectivity index (χ1v) is 7.82. The standard InChI is InChI=1S/C17H19N3O3S/c1-4-18-17(24)20-19-10-12-8-9-15(23-12)13-6-5-7-14(11(13)2)16(21)22-3/h5-10H,4H2,1-3H3,(H2,18,20,24). The van der Waals surface area contributed by atoms with Crippen LogP contribution in [0.2, 0.25) is 0 Å². The van der Waals surface area contributed by atoms with E-state index in [-0.39, 0.29) is 5.97 Å². The number of hydrogen-bond donors (Lipinski definition) is 2. The van der Waals surface area contributed by atoms with E-state index in [9.17, 15) is 4.79 Å². The van der Waals surface area contributed by atoms with Crippen molar-refractivity contribution in [3.63, 3.8) is 0 Å². The van der Waals surface area contributed by atoms with Crippen molar-refractivity contribution in [2.24, 2.45) is 5.10 Å². The SMILES string of the molecule is CCNC(=S)NN=Cc1ccc(-c2cccc(C(=O)OC)c2C)o1. The lowest BCUT2D eigenvalue weighted by molar-refractivity contribution is 0.0600. The summed E-state index contributed by atoms with van der Waals surface area (Å²) in [4.78, 5) is 11.8.